The number of methoxy groups -OCH3 is 1. The highest BCUT2D eigenvalue weighted by molar-refractivity contribution is 8.04. The van der Waals surface area contributed by atoms with Crippen LogP contribution in [0, 0.1) is 24.5 Å². The first kappa shape index (κ1) is 13.6. The molecule has 1 rings (SSSR count). The minimum atomic E-state index is -0.341. The molecule has 0 heterocycles. The quantitative estimate of drug-likeness (QED) is 0.607. The van der Waals surface area contributed by atoms with E-state index in [0.717, 1.165) is 28.6 Å². The lowest BCUT2D eigenvalue weighted by Gasteiger charge is -2.12. The van der Waals surface area contributed by atoms with Crippen LogP contribution in [0.1, 0.15) is 28.4 Å². The zero-order valence-electron chi connectivity index (χ0n) is 10.4. The molecule has 17 heavy (non-hydrogen) atoms. The highest BCUT2D eigenvalue weighted by atomic mass is 32.2. The van der Waals surface area contributed by atoms with E-state index in [1.54, 1.807) is 14.0 Å². The number of benzene rings is 1. The molecule has 1 aromatic carbocycles. The van der Waals surface area contributed by atoms with Crippen molar-refractivity contribution < 1.29 is 9.53 Å². The molecule has 0 aliphatic rings. The number of thiocyanates is 1. The van der Waals surface area contributed by atoms with Crippen LogP contribution in [0.4, 0.5) is 0 Å². The zero-order valence-corrected chi connectivity index (χ0v) is 11.2. The molecule has 0 aromatic heterocycles. The third-order valence-corrected chi connectivity index (χ3v) is 3.28. The van der Waals surface area contributed by atoms with Crippen molar-refractivity contribution in [1.82, 2.24) is 0 Å². The fourth-order valence-corrected chi connectivity index (χ4v) is 2.02. The Labute approximate surface area is 106 Å². The minimum absolute atomic E-state index is 0.0141. The monoisotopic (exact) mass is 249 g/mol. The minimum Gasteiger partial charge on any atom is -0.496 e. The first-order chi connectivity index (χ1) is 8.01. The molecule has 0 N–H and O–H groups in total. The number of hydrogen-bond donors (Lipinski definition) is 0. The van der Waals surface area contributed by atoms with Gasteiger partial charge < -0.3 is 4.74 Å². The Bertz CT molecular complexity index is 477. The molecular formula is C13H15NO2S. The lowest BCUT2D eigenvalue weighted by atomic mass is 9.99. The Hall–Kier alpha value is -1.47. The first-order valence-electron chi connectivity index (χ1n) is 5.25. The normalized spacial score (nSPS) is 11.7. The second-order valence-corrected chi connectivity index (χ2v) is 4.98. The first-order valence-corrected chi connectivity index (χ1v) is 6.13. The number of ether oxygens (including phenoxy) is 1. The molecule has 0 fully saturated rings. The summed E-state index contributed by atoms with van der Waals surface area (Å²) in [6.45, 7) is 5.52. The molecule has 0 saturated heterocycles. The van der Waals surface area contributed by atoms with Gasteiger partial charge in [0.25, 0.3) is 0 Å². The number of nitriles is 1. The van der Waals surface area contributed by atoms with Crippen molar-refractivity contribution in [2.45, 2.75) is 26.0 Å². The lowest BCUT2D eigenvalue weighted by molar-refractivity contribution is 0.0993. The van der Waals surface area contributed by atoms with Gasteiger partial charge in [-0.3, -0.25) is 4.79 Å². The highest BCUT2D eigenvalue weighted by Gasteiger charge is 2.18. The van der Waals surface area contributed by atoms with Crippen LogP contribution >= 0.6 is 11.8 Å². The molecule has 0 aliphatic carbocycles. The molecule has 0 aliphatic heterocycles. The van der Waals surface area contributed by atoms with Crippen LogP contribution in [0.3, 0.4) is 0 Å². The molecule has 0 saturated carbocycles. The van der Waals surface area contributed by atoms with Crippen molar-refractivity contribution in [1.29, 1.82) is 5.26 Å². The van der Waals surface area contributed by atoms with Crippen molar-refractivity contribution >= 4 is 17.5 Å². The summed E-state index contributed by atoms with van der Waals surface area (Å²) in [6, 6.07) is 3.68. The topological polar surface area (TPSA) is 50.1 Å². The van der Waals surface area contributed by atoms with Gasteiger partial charge in [-0.15, -0.1) is 0 Å². The molecule has 1 unspecified atom stereocenters. The molecule has 3 nitrogen and oxygen atoms in total. The molecule has 0 bridgehead atoms. The molecule has 1 atom stereocenters. The van der Waals surface area contributed by atoms with E-state index in [4.69, 9.17) is 10.00 Å². The Morgan fingerprint density at radius 2 is 2.06 bits per heavy atom. The molecule has 90 valence electrons. The summed E-state index contributed by atoms with van der Waals surface area (Å²) in [6.07, 6.45) is 0. The van der Waals surface area contributed by atoms with E-state index in [0.29, 0.717) is 5.56 Å². The predicted octanol–water partition coefficient (Wildman–Crippen LogP) is 3.10. The average Bonchev–Trinajstić information content (AvgIpc) is 2.31. The van der Waals surface area contributed by atoms with Crippen molar-refractivity contribution in [3.8, 4) is 11.2 Å². The van der Waals surface area contributed by atoms with Gasteiger partial charge in [0.15, 0.2) is 5.78 Å². The van der Waals surface area contributed by atoms with Gasteiger partial charge in [-0.2, -0.15) is 5.26 Å². The van der Waals surface area contributed by atoms with E-state index in [2.05, 4.69) is 0 Å². The van der Waals surface area contributed by atoms with Gasteiger partial charge in [-0.25, -0.2) is 0 Å². The van der Waals surface area contributed by atoms with Crippen molar-refractivity contribution in [3.05, 3.63) is 28.8 Å². The molecule has 0 spiro atoms. The lowest BCUT2D eigenvalue weighted by Crippen LogP contribution is -2.14. The third-order valence-electron chi connectivity index (χ3n) is 2.61. The van der Waals surface area contributed by atoms with Gasteiger partial charge in [0.1, 0.15) is 11.2 Å². The van der Waals surface area contributed by atoms with E-state index in [-0.39, 0.29) is 11.0 Å². The number of carbonyl (C=O) groups is 1. The van der Waals surface area contributed by atoms with Crippen molar-refractivity contribution in [3.63, 3.8) is 0 Å². The van der Waals surface area contributed by atoms with E-state index in [9.17, 15) is 4.79 Å². The second kappa shape index (κ2) is 5.74. The highest BCUT2D eigenvalue weighted by Crippen LogP contribution is 2.25. The van der Waals surface area contributed by atoms with E-state index in [1.165, 1.54) is 0 Å². The average molecular weight is 249 g/mol. The van der Waals surface area contributed by atoms with Gasteiger partial charge in [0.05, 0.1) is 12.4 Å². The largest absolute Gasteiger partial charge is 0.496 e. The molecule has 4 heteroatoms. The molecule has 0 amide bonds. The second-order valence-electron chi connectivity index (χ2n) is 3.85. The summed E-state index contributed by atoms with van der Waals surface area (Å²) in [5.41, 5.74) is 2.47. The van der Waals surface area contributed by atoms with Gasteiger partial charge >= 0.3 is 0 Å². The molecular weight excluding hydrogens is 234 g/mol. The number of ketones is 1. The Morgan fingerprint density at radius 1 is 1.41 bits per heavy atom. The summed E-state index contributed by atoms with van der Waals surface area (Å²) in [7, 11) is 1.61. The van der Waals surface area contributed by atoms with Crippen molar-refractivity contribution in [2.75, 3.05) is 7.11 Å². The summed E-state index contributed by atoms with van der Waals surface area (Å²) < 4.78 is 5.20. The van der Waals surface area contributed by atoms with E-state index < -0.39 is 0 Å². The van der Waals surface area contributed by atoms with Crippen LogP contribution in [0.25, 0.3) is 0 Å². The van der Waals surface area contributed by atoms with Crippen LogP contribution in [0.15, 0.2) is 12.1 Å². The SMILES string of the molecule is COc1cc(C)c(C(=O)C(C)SC#N)cc1C. The number of nitrogens with zero attached hydrogens (tertiary/aromatic N) is 1. The third kappa shape index (κ3) is 3.01. The van der Waals surface area contributed by atoms with E-state index in [1.807, 2.05) is 31.4 Å². The van der Waals surface area contributed by atoms with Gasteiger partial charge in [0, 0.05) is 5.56 Å². The summed E-state index contributed by atoms with van der Waals surface area (Å²) in [5.74, 6) is 0.763. The van der Waals surface area contributed by atoms with E-state index >= 15 is 0 Å². The van der Waals surface area contributed by atoms with Crippen LogP contribution in [-0.2, 0) is 0 Å². The Kier molecular flexibility index (Phi) is 4.59. The number of Topliss-reactive ketones (excluding diaryl/α,β-unsaturated/α-hetero) is 1. The predicted molar refractivity (Wildman–Crippen MR) is 69.5 cm³/mol. The number of aryl methyl sites for hydroxylation is 2. The van der Waals surface area contributed by atoms with Crippen LogP contribution in [0.5, 0.6) is 5.75 Å². The van der Waals surface area contributed by atoms with Gasteiger partial charge in [-0.1, -0.05) is 0 Å². The fourth-order valence-electron chi connectivity index (χ4n) is 1.63. The number of rotatable bonds is 4. The number of carbonyl (C=O) groups excluding carboxylic acids is 1. The summed E-state index contributed by atoms with van der Waals surface area (Å²) in [4.78, 5) is 12.1. The van der Waals surface area contributed by atoms with Gasteiger partial charge in [-0.05, 0) is 55.8 Å². The number of hydrogen-bond acceptors (Lipinski definition) is 4. The van der Waals surface area contributed by atoms with Crippen LogP contribution in [0.2, 0.25) is 0 Å². The number of thioether (sulfide) groups is 1. The van der Waals surface area contributed by atoms with Crippen LogP contribution < -0.4 is 4.74 Å². The van der Waals surface area contributed by atoms with Gasteiger partial charge in [0.2, 0.25) is 0 Å². The fraction of sp³-hybridized carbons (Fsp3) is 0.385. The molecule has 0 radical (unpaired) electrons. The maximum absolute atomic E-state index is 12.1. The van der Waals surface area contributed by atoms with Crippen molar-refractivity contribution in [2.24, 2.45) is 0 Å². The van der Waals surface area contributed by atoms with Crippen LogP contribution in [-0.4, -0.2) is 18.1 Å². The maximum atomic E-state index is 12.1. The Balaban J connectivity index is 3.11. The molecule has 1 aromatic rings. The summed E-state index contributed by atoms with van der Waals surface area (Å²) >= 11 is 0.983. The summed E-state index contributed by atoms with van der Waals surface area (Å²) in [5, 5.41) is 10.2. The maximum Gasteiger partial charge on any atom is 0.176 e. The standard InChI is InChI=1S/C13H15NO2S/c1-8-6-12(16-4)9(2)5-11(8)13(15)10(3)17-7-14/h5-6,10H,1-4H3. The smallest absolute Gasteiger partial charge is 0.176 e. The zero-order chi connectivity index (χ0) is 13.0. The Morgan fingerprint density at radius 3 is 2.59 bits per heavy atom.